The molecule has 1 N–H and O–H groups in total. The zero-order valence-corrected chi connectivity index (χ0v) is 17.1. The SMILES string of the molecule is COc1ccccc1-n1ccc(C)c(C(=O)NCCc2noc(C3CCC3)n2)c1=O. The zero-order valence-electron chi connectivity index (χ0n) is 17.1. The van der Waals surface area contributed by atoms with Crippen molar-refractivity contribution >= 4 is 5.91 Å². The highest BCUT2D eigenvalue weighted by Crippen LogP contribution is 2.35. The van der Waals surface area contributed by atoms with Gasteiger partial charge in [-0.05, 0) is 43.5 Å². The number of benzene rings is 1. The first kappa shape index (κ1) is 19.9. The van der Waals surface area contributed by atoms with Gasteiger partial charge in [0.25, 0.3) is 11.5 Å². The lowest BCUT2D eigenvalue weighted by molar-refractivity contribution is 0.0951. The molecule has 0 radical (unpaired) electrons. The van der Waals surface area contributed by atoms with E-state index in [-0.39, 0.29) is 5.56 Å². The number of ether oxygens (including phenoxy) is 1. The van der Waals surface area contributed by atoms with Crippen molar-refractivity contribution < 1.29 is 14.1 Å². The molecule has 8 nitrogen and oxygen atoms in total. The monoisotopic (exact) mass is 408 g/mol. The van der Waals surface area contributed by atoms with Crippen LogP contribution in [0.4, 0.5) is 0 Å². The molecule has 0 bridgehead atoms. The quantitative estimate of drug-likeness (QED) is 0.645. The average Bonchev–Trinajstić information content (AvgIpc) is 3.15. The maximum atomic E-state index is 13.1. The molecule has 1 aliphatic carbocycles. The number of para-hydroxylation sites is 2. The summed E-state index contributed by atoms with van der Waals surface area (Å²) in [6.45, 7) is 2.05. The van der Waals surface area contributed by atoms with Crippen LogP contribution < -0.4 is 15.6 Å². The Morgan fingerprint density at radius 2 is 2.10 bits per heavy atom. The predicted octanol–water partition coefficient (Wildman–Crippen LogP) is 2.78. The summed E-state index contributed by atoms with van der Waals surface area (Å²) in [7, 11) is 1.54. The van der Waals surface area contributed by atoms with Crippen LogP contribution in [0.25, 0.3) is 5.69 Å². The van der Waals surface area contributed by atoms with Gasteiger partial charge in [-0.1, -0.05) is 23.7 Å². The summed E-state index contributed by atoms with van der Waals surface area (Å²) >= 11 is 0. The van der Waals surface area contributed by atoms with Gasteiger partial charge in [0.15, 0.2) is 5.82 Å². The number of carbonyl (C=O) groups excluding carboxylic acids is 1. The van der Waals surface area contributed by atoms with Crippen LogP contribution in [0, 0.1) is 6.92 Å². The molecule has 0 atom stereocenters. The van der Waals surface area contributed by atoms with Gasteiger partial charge < -0.3 is 14.6 Å². The summed E-state index contributed by atoms with van der Waals surface area (Å²) in [6, 6.07) is 8.92. The van der Waals surface area contributed by atoms with Crippen molar-refractivity contribution in [2.75, 3.05) is 13.7 Å². The highest BCUT2D eigenvalue weighted by atomic mass is 16.5. The molecule has 1 aromatic carbocycles. The summed E-state index contributed by atoms with van der Waals surface area (Å²) < 4.78 is 12.1. The van der Waals surface area contributed by atoms with E-state index in [9.17, 15) is 9.59 Å². The second-order valence-corrected chi connectivity index (χ2v) is 7.40. The molecule has 2 aromatic heterocycles. The number of nitrogens with one attached hydrogen (secondary N) is 1. The fraction of sp³-hybridized carbons (Fsp3) is 0.364. The van der Waals surface area contributed by atoms with Gasteiger partial charge in [-0.3, -0.25) is 14.2 Å². The number of amides is 1. The number of aromatic nitrogens is 3. The third kappa shape index (κ3) is 3.85. The minimum Gasteiger partial charge on any atom is -0.495 e. The average molecular weight is 408 g/mol. The van der Waals surface area contributed by atoms with E-state index in [2.05, 4.69) is 15.5 Å². The van der Waals surface area contributed by atoms with Gasteiger partial charge in [-0.2, -0.15) is 4.98 Å². The Morgan fingerprint density at radius 3 is 2.83 bits per heavy atom. The highest BCUT2D eigenvalue weighted by Gasteiger charge is 2.25. The van der Waals surface area contributed by atoms with Crippen LogP contribution in [-0.2, 0) is 6.42 Å². The first-order chi connectivity index (χ1) is 14.6. The Kier molecular flexibility index (Phi) is 5.65. The molecule has 156 valence electrons. The second-order valence-electron chi connectivity index (χ2n) is 7.40. The largest absolute Gasteiger partial charge is 0.495 e. The van der Waals surface area contributed by atoms with Crippen molar-refractivity contribution in [1.82, 2.24) is 20.0 Å². The van der Waals surface area contributed by atoms with Crippen LogP contribution in [0.1, 0.15) is 52.8 Å². The minimum atomic E-state index is -0.426. The minimum absolute atomic E-state index is 0.103. The molecular weight excluding hydrogens is 384 g/mol. The molecule has 0 saturated heterocycles. The maximum Gasteiger partial charge on any atom is 0.268 e. The molecule has 1 saturated carbocycles. The number of methoxy groups -OCH3 is 1. The van der Waals surface area contributed by atoms with E-state index in [1.165, 1.54) is 11.0 Å². The Hall–Kier alpha value is -3.42. The normalized spacial score (nSPS) is 13.7. The van der Waals surface area contributed by atoms with E-state index >= 15 is 0 Å². The second kappa shape index (κ2) is 8.52. The molecule has 1 fully saturated rings. The molecule has 0 spiro atoms. The number of hydrogen-bond donors (Lipinski definition) is 1. The number of rotatable bonds is 7. The Morgan fingerprint density at radius 1 is 1.30 bits per heavy atom. The number of nitrogens with zero attached hydrogens (tertiary/aromatic N) is 3. The van der Waals surface area contributed by atoms with Crippen LogP contribution in [0.5, 0.6) is 5.75 Å². The fourth-order valence-electron chi connectivity index (χ4n) is 3.49. The number of hydrogen-bond acceptors (Lipinski definition) is 6. The van der Waals surface area contributed by atoms with Crippen LogP contribution in [0.2, 0.25) is 0 Å². The molecule has 3 aromatic rings. The number of pyridine rings is 1. The lowest BCUT2D eigenvalue weighted by Crippen LogP contribution is -2.34. The van der Waals surface area contributed by atoms with E-state index in [4.69, 9.17) is 9.26 Å². The van der Waals surface area contributed by atoms with Crippen molar-refractivity contribution in [3.05, 3.63) is 69.7 Å². The smallest absolute Gasteiger partial charge is 0.268 e. The van der Waals surface area contributed by atoms with E-state index in [1.54, 1.807) is 38.4 Å². The van der Waals surface area contributed by atoms with Gasteiger partial charge in [0.05, 0.1) is 12.8 Å². The van der Waals surface area contributed by atoms with E-state index in [1.807, 2.05) is 12.1 Å². The van der Waals surface area contributed by atoms with Gasteiger partial charge >= 0.3 is 0 Å². The van der Waals surface area contributed by atoms with Gasteiger partial charge in [0.1, 0.15) is 11.3 Å². The van der Waals surface area contributed by atoms with Crippen molar-refractivity contribution in [1.29, 1.82) is 0 Å². The first-order valence-corrected chi connectivity index (χ1v) is 10.0. The third-order valence-corrected chi connectivity index (χ3v) is 5.44. The third-order valence-electron chi connectivity index (χ3n) is 5.44. The fourth-order valence-corrected chi connectivity index (χ4v) is 3.49. The van der Waals surface area contributed by atoms with Gasteiger partial charge in [-0.15, -0.1) is 0 Å². The van der Waals surface area contributed by atoms with Crippen LogP contribution in [0.3, 0.4) is 0 Å². The molecule has 0 aliphatic heterocycles. The molecule has 0 unspecified atom stereocenters. The van der Waals surface area contributed by atoms with Gasteiger partial charge in [0.2, 0.25) is 5.89 Å². The van der Waals surface area contributed by atoms with Gasteiger partial charge in [-0.25, -0.2) is 0 Å². The standard InChI is InChI=1S/C22H24N4O4/c1-14-11-13-26(16-8-3-4-9-17(16)29-2)22(28)19(14)20(27)23-12-10-18-24-21(30-25-18)15-6-5-7-15/h3-4,8-9,11,13,15H,5-7,10,12H2,1-2H3,(H,23,27). The molecule has 4 rings (SSSR count). The van der Waals surface area contributed by atoms with Crippen LogP contribution in [0.15, 0.2) is 45.8 Å². The summed E-state index contributed by atoms with van der Waals surface area (Å²) in [6.07, 6.45) is 5.46. The lowest BCUT2D eigenvalue weighted by Gasteiger charge is -2.20. The maximum absolute atomic E-state index is 13.1. The first-order valence-electron chi connectivity index (χ1n) is 10.0. The Labute approximate surface area is 173 Å². The topological polar surface area (TPSA) is 99.2 Å². The Bertz CT molecular complexity index is 1110. The molecular formula is C22H24N4O4. The van der Waals surface area contributed by atoms with Crippen LogP contribution in [-0.4, -0.2) is 34.3 Å². The summed E-state index contributed by atoms with van der Waals surface area (Å²) in [5, 5.41) is 6.78. The lowest BCUT2D eigenvalue weighted by atomic mass is 9.85. The van der Waals surface area contributed by atoms with E-state index < -0.39 is 11.5 Å². The van der Waals surface area contributed by atoms with Crippen molar-refractivity contribution in [3.8, 4) is 11.4 Å². The van der Waals surface area contributed by atoms with Crippen molar-refractivity contribution in [2.24, 2.45) is 0 Å². The van der Waals surface area contributed by atoms with E-state index in [0.717, 1.165) is 12.8 Å². The summed E-state index contributed by atoms with van der Waals surface area (Å²) in [5.41, 5.74) is 0.889. The number of aryl methyl sites for hydroxylation is 1. The zero-order chi connectivity index (χ0) is 21.1. The Balaban J connectivity index is 1.48. The van der Waals surface area contributed by atoms with Crippen LogP contribution >= 0.6 is 0 Å². The summed E-state index contributed by atoms with van der Waals surface area (Å²) in [5.74, 6) is 1.74. The molecule has 1 amide bonds. The highest BCUT2D eigenvalue weighted by molar-refractivity contribution is 5.95. The molecule has 8 heteroatoms. The molecule has 1 aliphatic rings. The predicted molar refractivity (Wildman–Crippen MR) is 110 cm³/mol. The molecule has 30 heavy (non-hydrogen) atoms. The van der Waals surface area contributed by atoms with Crippen molar-refractivity contribution in [3.63, 3.8) is 0 Å². The molecule has 2 heterocycles. The number of carbonyl (C=O) groups is 1. The summed E-state index contributed by atoms with van der Waals surface area (Å²) in [4.78, 5) is 30.2. The van der Waals surface area contributed by atoms with E-state index in [0.29, 0.717) is 47.6 Å². The van der Waals surface area contributed by atoms with Gasteiger partial charge in [0, 0.05) is 25.1 Å². The van der Waals surface area contributed by atoms with Crippen molar-refractivity contribution in [2.45, 2.75) is 38.5 Å².